The summed E-state index contributed by atoms with van der Waals surface area (Å²) >= 11 is 0. The number of hydrogen-bond acceptors (Lipinski definition) is 5. The van der Waals surface area contributed by atoms with Crippen LogP contribution in [0.4, 0.5) is 0 Å². The molecule has 2 aromatic carbocycles. The number of ketones is 1. The number of aromatic nitrogens is 1. The number of hydrogen-bond donors (Lipinski definition) is 0. The minimum Gasteiger partial charge on any atom is -0.456 e. The number of ether oxygens (including phenoxy) is 1. The third kappa shape index (κ3) is 3.44. The molecule has 0 bridgehead atoms. The second-order valence-electron chi connectivity index (χ2n) is 6.26. The maximum atomic E-state index is 12.4. The third-order valence-corrected chi connectivity index (χ3v) is 4.37. The maximum absolute atomic E-state index is 12.4. The van der Waals surface area contributed by atoms with Gasteiger partial charge in [-0.15, -0.1) is 0 Å². The highest BCUT2D eigenvalue weighted by molar-refractivity contribution is 5.99. The lowest BCUT2D eigenvalue weighted by Gasteiger charge is -2.09. The van der Waals surface area contributed by atoms with Gasteiger partial charge in [0.25, 0.3) is 0 Å². The smallest absolute Gasteiger partial charge is 0.420 e. The topological polar surface area (TPSA) is 78.5 Å². The van der Waals surface area contributed by atoms with Crippen molar-refractivity contribution in [1.82, 2.24) is 4.57 Å². The van der Waals surface area contributed by atoms with Gasteiger partial charge in [-0.2, -0.15) is 0 Å². The fourth-order valence-corrected chi connectivity index (χ4v) is 2.82. The van der Waals surface area contributed by atoms with E-state index in [1.807, 2.05) is 26.8 Å². The first-order valence-electron chi connectivity index (χ1n) is 8.22. The zero-order valence-electron chi connectivity index (χ0n) is 14.9. The molecule has 0 fully saturated rings. The molecular formula is C20H19NO5. The second kappa shape index (κ2) is 7.00. The average molecular weight is 353 g/mol. The molecule has 26 heavy (non-hydrogen) atoms. The fraction of sp³-hybridized carbons (Fsp3) is 0.250. The van der Waals surface area contributed by atoms with Gasteiger partial charge in [0.1, 0.15) is 6.54 Å². The molecule has 0 N–H and O–H groups in total. The first-order chi connectivity index (χ1) is 12.4. The highest BCUT2D eigenvalue weighted by atomic mass is 16.5. The largest absolute Gasteiger partial charge is 0.456 e. The van der Waals surface area contributed by atoms with E-state index in [2.05, 4.69) is 0 Å². The molecule has 0 saturated carbocycles. The fourth-order valence-electron chi connectivity index (χ4n) is 2.82. The van der Waals surface area contributed by atoms with Gasteiger partial charge in [0.15, 0.2) is 12.2 Å². The minimum atomic E-state index is -0.673. The summed E-state index contributed by atoms with van der Waals surface area (Å²) in [5.41, 5.74) is 4.37. The molecule has 1 heterocycles. The Bertz CT molecular complexity index is 1060. The van der Waals surface area contributed by atoms with Crippen molar-refractivity contribution in [2.24, 2.45) is 0 Å². The van der Waals surface area contributed by atoms with Crippen molar-refractivity contribution in [2.45, 2.75) is 27.3 Å². The zero-order valence-corrected chi connectivity index (χ0v) is 14.9. The molecule has 134 valence electrons. The van der Waals surface area contributed by atoms with E-state index >= 15 is 0 Å². The first-order valence-corrected chi connectivity index (χ1v) is 8.22. The van der Waals surface area contributed by atoms with Crippen LogP contribution in [0.3, 0.4) is 0 Å². The summed E-state index contributed by atoms with van der Waals surface area (Å²) in [6, 6.07) is 10.5. The number of carbonyl (C=O) groups is 2. The number of fused-ring (bicyclic) bond motifs is 1. The van der Waals surface area contributed by atoms with Crippen LogP contribution in [-0.4, -0.2) is 22.9 Å². The molecule has 0 radical (unpaired) electrons. The molecule has 0 aliphatic carbocycles. The highest BCUT2D eigenvalue weighted by Crippen LogP contribution is 2.16. The van der Waals surface area contributed by atoms with Crippen molar-refractivity contribution >= 4 is 22.9 Å². The van der Waals surface area contributed by atoms with Crippen LogP contribution >= 0.6 is 0 Å². The number of esters is 1. The Morgan fingerprint density at radius 1 is 1.04 bits per heavy atom. The van der Waals surface area contributed by atoms with Crippen molar-refractivity contribution in [2.75, 3.05) is 6.61 Å². The Morgan fingerprint density at radius 2 is 1.73 bits per heavy atom. The van der Waals surface area contributed by atoms with Crippen LogP contribution in [0.5, 0.6) is 0 Å². The predicted octanol–water partition coefficient (Wildman–Crippen LogP) is 2.95. The number of para-hydroxylation sites is 2. The SMILES string of the molecule is Cc1cc(C)c(C(=O)COC(=O)Cn2c(=O)oc3ccccc32)cc1C. The molecular weight excluding hydrogens is 334 g/mol. The van der Waals surface area contributed by atoms with Gasteiger partial charge in [0.2, 0.25) is 5.78 Å². The Balaban J connectivity index is 1.69. The summed E-state index contributed by atoms with van der Waals surface area (Å²) in [5, 5.41) is 0. The molecule has 0 atom stereocenters. The second-order valence-corrected chi connectivity index (χ2v) is 6.26. The highest BCUT2D eigenvalue weighted by Gasteiger charge is 2.16. The van der Waals surface area contributed by atoms with Crippen LogP contribution in [0.1, 0.15) is 27.0 Å². The summed E-state index contributed by atoms with van der Waals surface area (Å²) in [7, 11) is 0. The van der Waals surface area contributed by atoms with Crippen LogP contribution in [0.15, 0.2) is 45.6 Å². The van der Waals surface area contributed by atoms with Crippen LogP contribution in [0, 0.1) is 20.8 Å². The Labute approximate surface area is 150 Å². The van der Waals surface area contributed by atoms with E-state index in [1.54, 1.807) is 30.3 Å². The number of nitrogens with zero attached hydrogens (tertiary/aromatic N) is 1. The van der Waals surface area contributed by atoms with Gasteiger partial charge in [-0.25, -0.2) is 4.79 Å². The molecule has 6 heteroatoms. The lowest BCUT2D eigenvalue weighted by Crippen LogP contribution is -2.23. The molecule has 0 unspecified atom stereocenters. The van der Waals surface area contributed by atoms with E-state index < -0.39 is 11.7 Å². The van der Waals surface area contributed by atoms with E-state index in [0.717, 1.165) is 16.7 Å². The molecule has 0 spiro atoms. The summed E-state index contributed by atoms with van der Waals surface area (Å²) in [5.74, 6) is -1.59. The Hall–Kier alpha value is -3.15. The summed E-state index contributed by atoms with van der Waals surface area (Å²) in [4.78, 5) is 36.3. The van der Waals surface area contributed by atoms with Gasteiger partial charge < -0.3 is 9.15 Å². The van der Waals surface area contributed by atoms with Crippen molar-refractivity contribution in [3.63, 3.8) is 0 Å². The number of oxazole rings is 1. The molecule has 3 rings (SSSR count). The predicted molar refractivity (Wildman–Crippen MR) is 96.4 cm³/mol. The van der Waals surface area contributed by atoms with Gasteiger partial charge in [0.05, 0.1) is 5.52 Å². The molecule has 3 aromatic rings. The lowest BCUT2D eigenvalue weighted by atomic mass is 9.98. The van der Waals surface area contributed by atoms with Crippen LogP contribution in [0.25, 0.3) is 11.1 Å². The summed E-state index contributed by atoms with van der Waals surface area (Å²) < 4.78 is 11.3. The molecule has 0 amide bonds. The van der Waals surface area contributed by atoms with Gasteiger partial charge in [-0.1, -0.05) is 18.2 Å². The van der Waals surface area contributed by atoms with Crippen molar-refractivity contribution in [3.05, 3.63) is 69.2 Å². The number of benzene rings is 2. The monoisotopic (exact) mass is 353 g/mol. The van der Waals surface area contributed by atoms with Crippen molar-refractivity contribution < 1.29 is 18.7 Å². The van der Waals surface area contributed by atoms with E-state index in [1.165, 1.54) is 4.57 Å². The van der Waals surface area contributed by atoms with Gasteiger partial charge in [-0.3, -0.25) is 14.2 Å². The van der Waals surface area contributed by atoms with Gasteiger partial charge >= 0.3 is 11.7 Å². The number of aryl methyl sites for hydroxylation is 3. The standard InChI is InChI=1S/C20H19NO5/c1-12-8-14(3)15(9-13(12)2)17(22)11-25-19(23)10-21-16-6-4-5-7-18(16)26-20(21)24/h4-9H,10-11H2,1-3H3. The van der Waals surface area contributed by atoms with Crippen molar-refractivity contribution in [1.29, 1.82) is 0 Å². The third-order valence-electron chi connectivity index (χ3n) is 4.37. The first kappa shape index (κ1) is 17.7. The minimum absolute atomic E-state index is 0.275. The van der Waals surface area contributed by atoms with E-state index in [4.69, 9.17) is 9.15 Å². The molecule has 0 aliphatic heterocycles. The molecule has 0 saturated heterocycles. The van der Waals surface area contributed by atoms with E-state index in [0.29, 0.717) is 16.7 Å². The number of rotatable bonds is 5. The lowest BCUT2D eigenvalue weighted by molar-refractivity contribution is -0.143. The molecule has 1 aromatic heterocycles. The molecule has 6 nitrogen and oxygen atoms in total. The maximum Gasteiger partial charge on any atom is 0.420 e. The number of carbonyl (C=O) groups excluding carboxylic acids is 2. The van der Waals surface area contributed by atoms with Crippen LogP contribution < -0.4 is 5.76 Å². The Morgan fingerprint density at radius 3 is 2.50 bits per heavy atom. The quantitative estimate of drug-likeness (QED) is 0.520. The molecule has 0 aliphatic rings. The number of Topliss-reactive ketones (excluding diaryl/α,β-unsaturated/α-hetero) is 1. The van der Waals surface area contributed by atoms with E-state index in [-0.39, 0.29) is 18.9 Å². The summed E-state index contributed by atoms with van der Waals surface area (Å²) in [6.45, 7) is 5.07. The normalized spacial score (nSPS) is 10.9. The van der Waals surface area contributed by atoms with Crippen LogP contribution in [0.2, 0.25) is 0 Å². The van der Waals surface area contributed by atoms with E-state index in [9.17, 15) is 14.4 Å². The Kier molecular flexibility index (Phi) is 4.75. The zero-order chi connectivity index (χ0) is 18.8. The average Bonchev–Trinajstić information content (AvgIpc) is 2.91. The van der Waals surface area contributed by atoms with Crippen molar-refractivity contribution in [3.8, 4) is 0 Å². The van der Waals surface area contributed by atoms with Gasteiger partial charge in [-0.05, 0) is 55.7 Å². The van der Waals surface area contributed by atoms with Gasteiger partial charge in [0, 0.05) is 5.56 Å². The van der Waals surface area contributed by atoms with Crippen LogP contribution in [-0.2, 0) is 16.1 Å². The summed E-state index contributed by atoms with van der Waals surface area (Å²) in [6.07, 6.45) is 0.